The molecule has 6 heteroatoms. The lowest BCUT2D eigenvalue weighted by atomic mass is 10.2. The summed E-state index contributed by atoms with van der Waals surface area (Å²) in [6.45, 7) is 0.452. The van der Waals surface area contributed by atoms with E-state index in [2.05, 4.69) is 31.2 Å². The van der Waals surface area contributed by atoms with Crippen molar-refractivity contribution < 1.29 is 4.39 Å². The topological polar surface area (TPSA) is 57.8 Å². The summed E-state index contributed by atoms with van der Waals surface area (Å²) in [4.78, 5) is 18.6. The number of benzene rings is 1. The molecule has 0 atom stereocenters. The quantitative estimate of drug-likeness (QED) is 0.912. The second kappa shape index (κ2) is 5.41. The van der Waals surface area contributed by atoms with E-state index in [0.717, 1.165) is 0 Å². The molecule has 0 amide bonds. The second-order valence-electron chi connectivity index (χ2n) is 3.74. The van der Waals surface area contributed by atoms with Gasteiger partial charge in [0, 0.05) is 28.3 Å². The molecule has 1 aromatic heterocycles. The minimum Gasteiger partial charge on any atom is -0.315 e. The summed E-state index contributed by atoms with van der Waals surface area (Å²) in [6.07, 6.45) is 1.51. The maximum absolute atomic E-state index is 13.0. The largest absolute Gasteiger partial charge is 0.315 e. The minimum atomic E-state index is -0.347. The van der Waals surface area contributed by atoms with Gasteiger partial charge in [0.1, 0.15) is 11.6 Å². The van der Waals surface area contributed by atoms with Crippen LogP contribution in [0.5, 0.6) is 0 Å². The van der Waals surface area contributed by atoms with Gasteiger partial charge < -0.3 is 10.3 Å². The number of halogens is 2. The average molecular weight is 312 g/mol. The van der Waals surface area contributed by atoms with Crippen LogP contribution in [0.3, 0.4) is 0 Å². The maximum atomic E-state index is 13.0. The highest BCUT2D eigenvalue weighted by atomic mass is 79.9. The summed E-state index contributed by atoms with van der Waals surface area (Å²) in [5.41, 5.74) is 0.995. The lowest BCUT2D eigenvalue weighted by Gasteiger charge is -2.05. The van der Waals surface area contributed by atoms with Crippen molar-refractivity contribution in [2.45, 2.75) is 6.54 Å². The van der Waals surface area contributed by atoms with Gasteiger partial charge in [0.15, 0.2) is 0 Å². The standard InChI is InChI=1S/C12H11BrFN3O/c1-15-5-7-6-16-11(17-12(7)18)9-3-2-8(14)4-10(9)13/h2-4,6,15H,5H2,1H3,(H,16,17,18). The van der Waals surface area contributed by atoms with Crippen LogP contribution in [0, 0.1) is 5.82 Å². The van der Waals surface area contributed by atoms with Gasteiger partial charge in [-0.1, -0.05) is 0 Å². The first-order chi connectivity index (χ1) is 8.61. The van der Waals surface area contributed by atoms with Crippen LogP contribution < -0.4 is 10.9 Å². The molecule has 4 nitrogen and oxygen atoms in total. The summed E-state index contributed by atoms with van der Waals surface area (Å²) in [7, 11) is 1.75. The summed E-state index contributed by atoms with van der Waals surface area (Å²) in [5.74, 6) is 0.0616. The number of aromatic nitrogens is 2. The van der Waals surface area contributed by atoms with Crippen molar-refractivity contribution in [2.75, 3.05) is 7.05 Å². The molecule has 18 heavy (non-hydrogen) atoms. The zero-order valence-electron chi connectivity index (χ0n) is 9.63. The number of aromatic amines is 1. The third-order valence-corrected chi connectivity index (χ3v) is 3.08. The smallest absolute Gasteiger partial charge is 0.255 e. The number of hydrogen-bond donors (Lipinski definition) is 2. The normalized spacial score (nSPS) is 10.6. The van der Waals surface area contributed by atoms with Crippen molar-refractivity contribution in [3.63, 3.8) is 0 Å². The van der Waals surface area contributed by atoms with E-state index < -0.39 is 0 Å². The molecule has 0 saturated heterocycles. The SMILES string of the molecule is CNCc1cnc(-c2ccc(F)cc2Br)[nH]c1=O. The molecular formula is C12H11BrFN3O. The van der Waals surface area contributed by atoms with E-state index in [0.29, 0.717) is 28.0 Å². The van der Waals surface area contributed by atoms with Crippen LogP contribution in [0.1, 0.15) is 5.56 Å². The van der Waals surface area contributed by atoms with E-state index in [9.17, 15) is 9.18 Å². The molecule has 0 bridgehead atoms. The first-order valence-corrected chi connectivity index (χ1v) is 6.09. The fourth-order valence-electron chi connectivity index (χ4n) is 1.56. The summed E-state index contributed by atoms with van der Waals surface area (Å²) in [5, 5.41) is 2.88. The highest BCUT2D eigenvalue weighted by Crippen LogP contribution is 2.25. The van der Waals surface area contributed by atoms with Crippen LogP contribution in [-0.4, -0.2) is 17.0 Å². The molecule has 0 radical (unpaired) electrons. The number of H-pyrrole nitrogens is 1. The molecule has 0 aliphatic carbocycles. The van der Waals surface area contributed by atoms with E-state index in [-0.39, 0.29) is 11.4 Å². The summed E-state index contributed by atoms with van der Waals surface area (Å²) >= 11 is 3.24. The number of rotatable bonds is 3. The van der Waals surface area contributed by atoms with Gasteiger partial charge in [-0.15, -0.1) is 0 Å². The van der Waals surface area contributed by atoms with Gasteiger partial charge in [-0.25, -0.2) is 9.37 Å². The van der Waals surface area contributed by atoms with Crippen LogP contribution in [0.4, 0.5) is 4.39 Å². The first-order valence-electron chi connectivity index (χ1n) is 5.30. The van der Waals surface area contributed by atoms with E-state index in [4.69, 9.17) is 0 Å². The van der Waals surface area contributed by atoms with Crippen LogP contribution in [0.25, 0.3) is 11.4 Å². The predicted octanol–water partition coefficient (Wildman–Crippen LogP) is 2.06. The second-order valence-corrected chi connectivity index (χ2v) is 4.60. The minimum absolute atomic E-state index is 0.203. The Hall–Kier alpha value is -1.53. The first kappa shape index (κ1) is 12.9. The molecule has 1 aromatic carbocycles. The molecule has 0 aliphatic heterocycles. The van der Waals surface area contributed by atoms with Gasteiger partial charge in [-0.2, -0.15) is 0 Å². The Balaban J connectivity index is 2.46. The fraction of sp³-hybridized carbons (Fsp3) is 0.167. The highest BCUT2D eigenvalue weighted by Gasteiger charge is 2.08. The zero-order chi connectivity index (χ0) is 13.1. The maximum Gasteiger partial charge on any atom is 0.255 e. The van der Waals surface area contributed by atoms with Crippen molar-refractivity contribution in [1.29, 1.82) is 0 Å². The van der Waals surface area contributed by atoms with Crippen molar-refractivity contribution in [3.8, 4) is 11.4 Å². The molecule has 1 heterocycles. The molecule has 0 saturated carbocycles. The van der Waals surface area contributed by atoms with Crippen LogP contribution in [0.2, 0.25) is 0 Å². The summed E-state index contributed by atoms with van der Waals surface area (Å²) in [6, 6.07) is 4.22. The highest BCUT2D eigenvalue weighted by molar-refractivity contribution is 9.10. The van der Waals surface area contributed by atoms with Crippen LogP contribution in [0.15, 0.2) is 33.7 Å². The van der Waals surface area contributed by atoms with Crippen molar-refractivity contribution >= 4 is 15.9 Å². The Labute approximate surface area is 111 Å². The molecule has 2 aromatic rings. The van der Waals surface area contributed by atoms with Gasteiger partial charge in [0.05, 0.1) is 0 Å². The molecule has 2 N–H and O–H groups in total. The molecule has 0 fully saturated rings. The third-order valence-electron chi connectivity index (χ3n) is 2.43. The van der Waals surface area contributed by atoms with Gasteiger partial charge in [0.25, 0.3) is 5.56 Å². The van der Waals surface area contributed by atoms with E-state index in [1.54, 1.807) is 13.1 Å². The van der Waals surface area contributed by atoms with Crippen molar-refractivity contribution in [2.24, 2.45) is 0 Å². The molecular weight excluding hydrogens is 301 g/mol. The molecule has 2 rings (SSSR count). The average Bonchev–Trinajstić information content (AvgIpc) is 2.32. The van der Waals surface area contributed by atoms with Crippen molar-refractivity contribution in [1.82, 2.24) is 15.3 Å². The molecule has 0 spiro atoms. The number of nitrogens with one attached hydrogen (secondary N) is 2. The Morgan fingerprint density at radius 1 is 1.50 bits per heavy atom. The van der Waals surface area contributed by atoms with Crippen LogP contribution in [-0.2, 0) is 6.54 Å². The zero-order valence-corrected chi connectivity index (χ0v) is 11.2. The Morgan fingerprint density at radius 3 is 2.89 bits per heavy atom. The lowest BCUT2D eigenvalue weighted by Crippen LogP contribution is -2.19. The third kappa shape index (κ3) is 2.65. The number of nitrogens with zero attached hydrogens (tertiary/aromatic N) is 1. The van der Waals surface area contributed by atoms with Crippen LogP contribution >= 0.6 is 15.9 Å². The Morgan fingerprint density at radius 2 is 2.28 bits per heavy atom. The van der Waals surface area contributed by atoms with Gasteiger partial charge in [0.2, 0.25) is 0 Å². The van der Waals surface area contributed by atoms with Gasteiger partial charge in [-0.3, -0.25) is 4.79 Å². The molecule has 0 unspecified atom stereocenters. The van der Waals surface area contributed by atoms with E-state index in [1.165, 1.54) is 18.3 Å². The predicted molar refractivity (Wildman–Crippen MR) is 70.7 cm³/mol. The Kier molecular flexibility index (Phi) is 3.88. The van der Waals surface area contributed by atoms with Gasteiger partial charge in [-0.05, 0) is 41.2 Å². The van der Waals surface area contributed by atoms with E-state index in [1.807, 2.05) is 0 Å². The number of hydrogen-bond acceptors (Lipinski definition) is 3. The molecule has 94 valence electrons. The Bertz CT molecular complexity index is 627. The lowest BCUT2D eigenvalue weighted by molar-refractivity contribution is 0.627. The van der Waals surface area contributed by atoms with Crippen molar-refractivity contribution in [3.05, 3.63) is 50.6 Å². The summed E-state index contributed by atoms with van der Waals surface area (Å²) < 4.78 is 13.5. The monoisotopic (exact) mass is 311 g/mol. The molecule has 0 aliphatic rings. The fourth-order valence-corrected chi connectivity index (χ4v) is 2.09. The van der Waals surface area contributed by atoms with E-state index >= 15 is 0 Å². The van der Waals surface area contributed by atoms with Gasteiger partial charge >= 0.3 is 0 Å².